The molecule has 2 heterocycles. The molecule has 1 aliphatic heterocycles. The van der Waals surface area contributed by atoms with Crippen LogP contribution in [0, 0.1) is 0 Å². The van der Waals surface area contributed by atoms with E-state index in [-0.39, 0.29) is 17.0 Å². The molecule has 1 saturated carbocycles. The van der Waals surface area contributed by atoms with E-state index in [0.717, 1.165) is 50.0 Å². The van der Waals surface area contributed by atoms with Crippen molar-refractivity contribution in [1.82, 2.24) is 4.57 Å². The zero-order valence-corrected chi connectivity index (χ0v) is 14.7. The number of allylic oxidation sites excluding steroid dienone is 4. The van der Waals surface area contributed by atoms with Gasteiger partial charge in [-0.15, -0.1) is 0 Å². The van der Waals surface area contributed by atoms with Gasteiger partial charge in [-0.2, -0.15) is 0 Å². The smallest absolute Gasteiger partial charge is 0.341 e. The fourth-order valence-corrected chi connectivity index (χ4v) is 4.69. The van der Waals surface area contributed by atoms with E-state index >= 15 is 0 Å². The van der Waals surface area contributed by atoms with E-state index in [1.54, 1.807) is 19.4 Å². The second-order valence-electron chi connectivity index (χ2n) is 7.39. The molecule has 0 aromatic carbocycles. The molecule has 1 aromatic heterocycles. The first-order valence-electron chi connectivity index (χ1n) is 8.96. The Morgan fingerprint density at radius 3 is 2.76 bits per heavy atom. The van der Waals surface area contributed by atoms with E-state index in [9.17, 15) is 14.7 Å². The van der Waals surface area contributed by atoms with Crippen LogP contribution in [0.4, 0.5) is 0 Å². The van der Waals surface area contributed by atoms with Gasteiger partial charge in [-0.05, 0) is 37.7 Å². The molecule has 132 valence electrons. The highest BCUT2D eigenvalue weighted by Crippen LogP contribution is 2.54. The van der Waals surface area contributed by atoms with Gasteiger partial charge in [-0.25, -0.2) is 4.79 Å². The van der Waals surface area contributed by atoms with Crippen molar-refractivity contribution >= 4 is 5.97 Å². The Balaban J connectivity index is 1.90. The summed E-state index contributed by atoms with van der Waals surface area (Å²) < 4.78 is 7.70. The second kappa shape index (κ2) is 5.61. The Morgan fingerprint density at radius 2 is 2.20 bits per heavy atom. The molecule has 5 heteroatoms. The fraction of sp³-hybridized carbons (Fsp3) is 0.500. The molecular weight excluding hydrogens is 318 g/mol. The van der Waals surface area contributed by atoms with Crippen LogP contribution in [-0.2, 0) is 10.3 Å². The number of fused-ring (bicyclic) bond motifs is 4. The molecule has 5 nitrogen and oxygen atoms in total. The van der Waals surface area contributed by atoms with E-state index in [4.69, 9.17) is 4.74 Å². The average Bonchev–Trinajstić information content (AvgIpc) is 2.57. The molecule has 2 aliphatic carbocycles. The maximum atomic E-state index is 12.3. The molecule has 1 unspecified atom stereocenters. The third kappa shape index (κ3) is 2.29. The number of nitrogens with zero attached hydrogens (tertiary/aromatic N) is 1. The summed E-state index contributed by atoms with van der Waals surface area (Å²) in [5.74, 6) is -0.0698. The van der Waals surface area contributed by atoms with E-state index in [0.29, 0.717) is 0 Å². The molecule has 3 aliphatic rings. The summed E-state index contributed by atoms with van der Waals surface area (Å²) in [5, 5.41) is 9.36. The van der Waals surface area contributed by atoms with Crippen LogP contribution in [-0.4, -0.2) is 22.8 Å². The molecule has 25 heavy (non-hydrogen) atoms. The van der Waals surface area contributed by atoms with Crippen molar-refractivity contribution in [2.75, 3.05) is 7.11 Å². The zero-order chi connectivity index (χ0) is 17.8. The molecule has 1 atom stereocenters. The lowest BCUT2D eigenvalue weighted by molar-refractivity contribution is 0.0689. The Hall–Kier alpha value is -2.30. The van der Waals surface area contributed by atoms with Crippen LogP contribution in [0.25, 0.3) is 0 Å². The molecule has 1 N–H and O–H groups in total. The summed E-state index contributed by atoms with van der Waals surface area (Å²) in [5.41, 5.74) is 2.95. The number of carbonyl (C=O) groups is 1. The molecule has 4 rings (SSSR count). The lowest BCUT2D eigenvalue weighted by Crippen LogP contribution is -2.47. The number of carboxylic acid groups (broad SMARTS) is 1. The standard InChI is InChI=1S/C20H23NO4/c1-3-12-7-13-10-20(5-4-6-20)21-11-15(19(23)24)17(22)9-16(21)14(13)8-18(12)25-2/h7,9,11,14H,3-6,8,10H2,1-2H3,(H,23,24). The number of carboxylic acids is 1. The maximum Gasteiger partial charge on any atom is 0.341 e. The van der Waals surface area contributed by atoms with Gasteiger partial charge in [0.2, 0.25) is 0 Å². The summed E-state index contributed by atoms with van der Waals surface area (Å²) in [6, 6.07) is 1.55. The first-order chi connectivity index (χ1) is 12.0. The Kier molecular flexibility index (Phi) is 3.63. The van der Waals surface area contributed by atoms with Crippen molar-refractivity contribution in [3.05, 3.63) is 56.7 Å². The lowest BCUT2D eigenvalue weighted by Gasteiger charge is -2.52. The maximum absolute atomic E-state index is 12.3. The molecule has 1 aromatic rings. The van der Waals surface area contributed by atoms with Crippen molar-refractivity contribution in [1.29, 1.82) is 0 Å². The van der Waals surface area contributed by atoms with E-state index in [2.05, 4.69) is 17.6 Å². The van der Waals surface area contributed by atoms with Gasteiger partial charge in [0.05, 0.1) is 12.9 Å². The zero-order valence-electron chi connectivity index (χ0n) is 14.7. The molecule has 0 amide bonds. The van der Waals surface area contributed by atoms with Crippen molar-refractivity contribution in [2.45, 2.75) is 56.9 Å². The number of hydrogen-bond acceptors (Lipinski definition) is 3. The van der Waals surface area contributed by atoms with Crippen LogP contribution >= 0.6 is 0 Å². The number of pyridine rings is 1. The van der Waals surface area contributed by atoms with Crippen LogP contribution < -0.4 is 5.43 Å². The Labute approximate surface area is 146 Å². The van der Waals surface area contributed by atoms with Crippen molar-refractivity contribution < 1.29 is 14.6 Å². The normalized spacial score (nSPS) is 23.4. The van der Waals surface area contributed by atoms with Crippen LogP contribution in [0.2, 0.25) is 0 Å². The monoisotopic (exact) mass is 341 g/mol. The topological polar surface area (TPSA) is 68.5 Å². The largest absolute Gasteiger partial charge is 0.501 e. The third-order valence-corrected chi connectivity index (χ3v) is 6.18. The van der Waals surface area contributed by atoms with E-state index in [1.165, 1.54) is 11.1 Å². The highest BCUT2D eigenvalue weighted by atomic mass is 16.5. The molecule has 0 radical (unpaired) electrons. The van der Waals surface area contributed by atoms with Gasteiger partial charge in [-0.3, -0.25) is 4.79 Å². The number of hydrogen-bond donors (Lipinski definition) is 1. The van der Waals surface area contributed by atoms with Crippen LogP contribution in [0.3, 0.4) is 0 Å². The second-order valence-corrected chi connectivity index (χ2v) is 7.39. The van der Waals surface area contributed by atoms with Crippen molar-refractivity contribution in [3.63, 3.8) is 0 Å². The number of rotatable bonds is 3. The minimum Gasteiger partial charge on any atom is -0.501 e. The summed E-state index contributed by atoms with van der Waals surface area (Å²) in [6.45, 7) is 2.13. The highest BCUT2D eigenvalue weighted by molar-refractivity contribution is 5.87. The summed E-state index contributed by atoms with van der Waals surface area (Å²) in [6.07, 6.45) is 9.67. The highest BCUT2D eigenvalue weighted by Gasteiger charge is 2.46. The lowest BCUT2D eigenvalue weighted by atomic mass is 9.65. The molecular formula is C20H23NO4. The predicted octanol–water partition coefficient (Wildman–Crippen LogP) is 3.55. The SMILES string of the molecule is CCC1=C(OC)CC2C(=C1)CC1(CCC1)n1cc(C(=O)O)c(=O)cc12. The minimum absolute atomic E-state index is 0.0566. The van der Waals surface area contributed by atoms with Gasteiger partial charge in [0, 0.05) is 35.8 Å². The Morgan fingerprint density at radius 1 is 1.44 bits per heavy atom. The number of methoxy groups -OCH3 is 1. The Bertz CT molecular complexity index is 870. The molecule has 0 saturated heterocycles. The van der Waals surface area contributed by atoms with E-state index < -0.39 is 11.4 Å². The van der Waals surface area contributed by atoms with Crippen LogP contribution in [0.5, 0.6) is 0 Å². The average molecular weight is 341 g/mol. The van der Waals surface area contributed by atoms with Crippen molar-refractivity contribution in [2.24, 2.45) is 0 Å². The quantitative estimate of drug-likeness (QED) is 0.913. The summed E-state index contributed by atoms with van der Waals surface area (Å²) >= 11 is 0. The van der Waals surface area contributed by atoms with Gasteiger partial charge < -0.3 is 14.4 Å². The summed E-state index contributed by atoms with van der Waals surface area (Å²) in [7, 11) is 1.70. The summed E-state index contributed by atoms with van der Waals surface area (Å²) in [4.78, 5) is 23.8. The number of ether oxygens (including phenoxy) is 1. The third-order valence-electron chi connectivity index (χ3n) is 6.18. The van der Waals surface area contributed by atoms with Crippen LogP contribution in [0.15, 0.2) is 40.0 Å². The van der Waals surface area contributed by atoms with Gasteiger partial charge in [-0.1, -0.05) is 18.6 Å². The molecule has 0 bridgehead atoms. The van der Waals surface area contributed by atoms with E-state index in [1.807, 2.05) is 0 Å². The first-order valence-corrected chi connectivity index (χ1v) is 8.96. The van der Waals surface area contributed by atoms with Crippen molar-refractivity contribution in [3.8, 4) is 0 Å². The molecule has 1 fully saturated rings. The first kappa shape index (κ1) is 16.2. The van der Waals surface area contributed by atoms with Gasteiger partial charge in [0.1, 0.15) is 5.56 Å². The minimum atomic E-state index is -1.15. The fourth-order valence-electron chi connectivity index (χ4n) is 4.69. The van der Waals surface area contributed by atoms with Crippen LogP contribution in [0.1, 0.15) is 67.4 Å². The molecule has 1 spiro atoms. The predicted molar refractivity (Wildman–Crippen MR) is 93.9 cm³/mol. The van der Waals surface area contributed by atoms with Gasteiger partial charge in [0.25, 0.3) is 0 Å². The number of aromatic carboxylic acids is 1. The number of aromatic nitrogens is 1. The van der Waals surface area contributed by atoms with Gasteiger partial charge >= 0.3 is 5.97 Å². The van der Waals surface area contributed by atoms with Gasteiger partial charge in [0.15, 0.2) is 5.43 Å².